The predicted octanol–water partition coefficient (Wildman–Crippen LogP) is 1.67. The number of hydrogen-bond acceptors (Lipinski definition) is 4. The van der Waals surface area contributed by atoms with Crippen molar-refractivity contribution in [3.8, 4) is 0 Å². The highest BCUT2D eigenvalue weighted by molar-refractivity contribution is 6.30. The molecule has 1 aromatic rings. The lowest BCUT2D eigenvalue weighted by atomic mass is 10.0. The summed E-state index contributed by atoms with van der Waals surface area (Å²) in [5, 5.41) is 22.3. The van der Waals surface area contributed by atoms with Gasteiger partial charge >= 0.3 is 0 Å². The Kier molecular flexibility index (Phi) is 8.82. The molecule has 1 aromatic carbocycles. The van der Waals surface area contributed by atoms with E-state index >= 15 is 0 Å². The standard InChI is InChI=1S/C15H25ClN2O2/c1-2-17-15(13-3-5-14(16)6-4-13)7-8-18(9-11-19)10-12-20/h3-6,15,17,19-20H,2,7-12H2,1H3. The summed E-state index contributed by atoms with van der Waals surface area (Å²) in [4.78, 5) is 2.07. The van der Waals surface area contributed by atoms with Crippen LogP contribution >= 0.6 is 11.6 Å². The Hall–Kier alpha value is -0.650. The van der Waals surface area contributed by atoms with Crippen LogP contribution in [-0.2, 0) is 0 Å². The van der Waals surface area contributed by atoms with Crippen LogP contribution in [0, 0.1) is 0 Å². The van der Waals surface area contributed by atoms with E-state index in [9.17, 15) is 0 Å². The summed E-state index contributed by atoms with van der Waals surface area (Å²) in [5.74, 6) is 0. The first kappa shape index (κ1) is 17.4. The molecule has 5 heteroatoms. The van der Waals surface area contributed by atoms with Gasteiger partial charge < -0.3 is 15.5 Å². The van der Waals surface area contributed by atoms with Gasteiger partial charge in [0.05, 0.1) is 13.2 Å². The number of nitrogens with zero attached hydrogens (tertiary/aromatic N) is 1. The smallest absolute Gasteiger partial charge is 0.0558 e. The fourth-order valence-electron chi connectivity index (χ4n) is 2.26. The SMILES string of the molecule is CCNC(CCN(CCO)CCO)c1ccc(Cl)cc1. The van der Waals surface area contributed by atoms with Crippen LogP contribution in [0.4, 0.5) is 0 Å². The molecule has 0 spiro atoms. The van der Waals surface area contributed by atoms with Crippen molar-refractivity contribution in [1.29, 1.82) is 0 Å². The Bertz CT molecular complexity index is 353. The van der Waals surface area contributed by atoms with E-state index in [4.69, 9.17) is 21.8 Å². The van der Waals surface area contributed by atoms with Crippen molar-refractivity contribution >= 4 is 11.6 Å². The second-order valence-electron chi connectivity index (χ2n) is 4.74. The van der Waals surface area contributed by atoms with Gasteiger partial charge in [0.1, 0.15) is 0 Å². The molecule has 0 saturated heterocycles. The molecular weight excluding hydrogens is 276 g/mol. The monoisotopic (exact) mass is 300 g/mol. The maximum Gasteiger partial charge on any atom is 0.0558 e. The van der Waals surface area contributed by atoms with E-state index < -0.39 is 0 Å². The predicted molar refractivity (Wildman–Crippen MR) is 83.1 cm³/mol. The van der Waals surface area contributed by atoms with Gasteiger partial charge in [0.2, 0.25) is 0 Å². The average molecular weight is 301 g/mol. The van der Waals surface area contributed by atoms with Crippen LogP contribution < -0.4 is 5.32 Å². The summed E-state index contributed by atoms with van der Waals surface area (Å²) in [5.41, 5.74) is 1.21. The Labute approximate surface area is 126 Å². The fourth-order valence-corrected chi connectivity index (χ4v) is 2.38. The molecule has 1 unspecified atom stereocenters. The number of hydrogen-bond donors (Lipinski definition) is 3. The largest absolute Gasteiger partial charge is 0.395 e. The van der Waals surface area contributed by atoms with Gasteiger partial charge in [-0.2, -0.15) is 0 Å². The van der Waals surface area contributed by atoms with Crippen LogP contribution in [0.5, 0.6) is 0 Å². The van der Waals surface area contributed by atoms with E-state index in [1.54, 1.807) is 0 Å². The average Bonchev–Trinajstić information content (AvgIpc) is 2.45. The number of halogens is 1. The van der Waals surface area contributed by atoms with Gasteiger partial charge in [0.25, 0.3) is 0 Å². The van der Waals surface area contributed by atoms with Gasteiger partial charge in [-0.1, -0.05) is 30.7 Å². The van der Waals surface area contributed by atoms with E-state index in [1.165, 1.54) is 5.56 Å². The third kappa shape index (κ3) is 6.20. The van der Waals surface area contributed by atoms with E-state index in [-0.39, 0.29) is 19.3 Å². The lowest BCUT2D eigenvalue weighted by molar-refractivity contribution is 0.156. The molecule has 4 nitrogen and oxygen atoms in total. The first-order chi connectivity index (χ1) is 9.71. The topological polar surface area (TPSA) is 55.7 Å². The molecule has 0 bridgehead atoms. The molecule has 0 aliphatic heterocycles. The lowest BCUT2D eigenvalue weighted by Crippen LogP contribution is -2.33. The Balaban J connectivity index is 2.59. The Morgan fingerprint density at radius 2 is 1.70 bits per heavy atom. The second kappa shape index (κ2) is 10.1. The summed E-state index contributed by atoms with van der Waals surface area (Å²) >= 11 is 5.92. The summed E-state index contributed by atoms with van der Waals surface area (Å²) in [6.07, 6.45) is 0.926. The fraction of sp³-hybridized carbons (Fsp3) is 0.600. The van der Waals surface area contributed by atoms with Crippen molar-refractivity contribution in [2.75, 3.05) is 39.4 Å². The molecule has 3 N–H and O–H groups in total. The molecule has 114 valence electrons. The molecule has 1 rings (SSSR count). The molecule has 0 amide bonds. The quantitative estimate of drug-likeness (QED) is 0.615. The van der Waals surface area contributed by atoms with Crippen LogP contribution in [0.3, 0.4) is 0 Å². The summed E-state index contributed by atoms with van der Waals surface area (Å²) in [6, 6.07) is 8.15. The zero-order valence-corrected chi connectivity index (χ0v) is 12.8. The Morgan fingerprint density at radius 1 is 1.10 bits per heavy atom. The minimum Gasteiger partial charge on any atom is -0.395 e. The van der Waals surface area contributed by atoms with Crippen LogP contribution in [0.2, 0.25) is 5.02 Å². The number of benzene rings is 1. The van der Waals surface area contributed by atoms with Crippen molar-refractivity contribution in [2.24, 2.45) is 0 Å². The molecule has 0 radical (unpaired) electrons. The van der Waals surface area contributed by atoms with E-state index in [1.807, 2.05) is 24.3 Å². The van der Waals surface area contributed by atoms with E-state index in [0.717, 1.165) is 24.5 Å². The van der Waals surface area contributed by atoms with Crippen LogP contribution in [0.25, 0.3) is 0 Å². The lowest BCUT2D eigenvalue weighted by Gasteiger charge is -2.24. The van der Waals surface area contributed by atoms with Gasteiger partial charge in [-0.25, -0.2) is 0 Å². The van der Waals surface area contributed by atoms with Crippen LogP contribution in [0.1, 0.15) is 24.9 Å². The van der Waals surface area contributed by atoms with Crippen molar-refractivity contribution in [3.63, 3.8) is 0 Å². The third-order valence-corrected chi connectivity index (χ3v) is 3.54. The van der Waals surface area contributed by atoms with Gasteiger partial charge in [-0.15, -0.1) is 0 Å². The van der Waals surface area contributed by atoms with Gasteiger partial charge in [-0.3, -0.25) is 4.90 Å². The van der Waals surface area contributed by atoms with E-state index in [0.29, 0.717) is 13.1 Å². The maximum atomic E-state index is 9.03. The van der Waals surface area contributed by atoms with Gasteiger partial charge in [0, 0.05) is 30.7 Å². The molecule has 1 atom stereocenters. The highest BCUT2D eigenvalue weighted by Gasteiger charge is 2.12. The van der Waals surface area contributed by atoms with Crippen LogP contribution in [-0.4, -0.2) is 54.5 Å². The molecule has 0 heterocycles. The second-order valence-corrected chi connectivity index (χ2v) is 5.18. The summed E-state index contributed by atoms with van der Waals surface area (Å²) < 4.78 is 0. The minimum absolute atomic E-state index is 0.118. The van der Waals surface area contributed by atoms with Crippen LogP contribution in [0.15, 0.2) is 24.3 Å². The number of nitrogens with one attached hydrogen (secondary N) is 1. The third-order valence-electron chi connectivity index (χ3n) is 3.29. The molecule has 20 heavy (non-hydrogen) atoms. The Morgan fingerprint density at radius 3 is 2.20 bits per heavy atom. The molecule has 0 aromatic heterocycles. The zero-order valence-electron chi connectivity index (χ0n) is 12.1. The van der Waals surface area contributed by atoms with Crippen molar-refractivity contribution < 1.29 is 10.2 Å². The minimum atomic E-state index is 0.118. The van der Waals surface area contributed by atoms with Crippen molar-refractivity contribution in [1.82, 2.24) is 10.2 Å². The zero-order chi connectivity index (χ0) is 14.8. The van der Waals surface area contributed by atoms with Crippen molar-refractivity contribution in [3.05, 3.63) is 34.9 Å². The highest BCUT2D eigenvalue weighted by atomic mass is 35.5. The van der Waals surface area contributed by atoms with Crippen molar-refractivity contribution in [2.45, 2.75) is 19.4 Å². The number of rotatable bonds is 10. The first-order valence-corrected chi connectivity index (χ1v) is 7.52. The maximum absolute atomic E-state index is 9.03. The molecule has 0 aliphatic rings. The number of aliphatic hydroxyl groups is 2. The summed E-state index contributed by atoms with van der Waals surface area (Å²) in [7, 11) is 0. The first-order valence-electron chi connectivity index (χ1n) is 7.14. The van der Waals surface area contributed by atoms with Gasteiger partial charge in [-0.05, 0) is 30.7 Å². The summed E-state index contributed by atoms with van der Waals surface area (Å²) in [6.45, 7) is 5.25. The normalized spacial score (nSPS) is 12.8. The highest BCUT2D eigenvalue weighted by Crippen LogP contribution is 2.19. The molecule has 0 fully saturated rings. The molecular formula is C15H25ClN2O2. The van der Waals surface area contributed by atoms with E-state index in [2.05, 4.69) is 17.1 Å². The molecule has 0 saturated carbocycles. The number of aliphatic hydroxyl groups excluding tert-OH is 2. The molecule has 0 aliphatic carbocycles. The van der Waals surface area contributed by atoms with Gasteiger partial charge in [0.15, 0.2) is 0 Å².